The fraction of sp³-hybridized carbons (Fsp3) is 0.818. The Kier molecular flexibility index (Phi) is 17.4. The third-order valence-corrected chi connectivity index (χ3v) is 4.85. The van der Waals surface area contributed by atoms with Crippen molar-refractivity contribution in [3.05, 3.63) is 12.2 Å². The van der Waals surface area contributed by atoms with Crippen LogP contribution < -0.4 is 5.73 Å². The molecule has 0 radical (unpaired) electrons. The number of rotatable bonds is 19. The number of carboxylic acids is 1. The lowest BCUT2D eigenvalue weighted by Crippen LogP contribution is -2.42. The van der Waals surface area contributed by atoms with E-state index in [0.717, 1.165) is 25.7 Å². The van der Waals surface area contributed by atoms with E-state index in [1.807, 2.05) is 0 Å². The summed E-state index contributed by atoms with van der Waals surface area (Å²) in [5.41, 5.74) is 5.29. The molecule has 0 aromatic heterocycles. The molecule has 0 amide bonds. The fourth-order valence-electron chi connectivity index (χ4n) is 3.02. The van der Waals surface area contributed by atoms with Crippen LogP contribution in [0, 0.1) is 0 Å². The molecule has 2 atom stereocenters. The van der Waals surface area contributed by atoms with Crippen molar-refractivity contribution in [3.63, 3.8) is 0 Å². The lowest BCUT2D eigenvalue weighted by molar-refractivity contribution is -0.141. The molecule has 5 nitrogen and oxygen atoms in total. The van der Waals surface area contributed by atoms with Gasteiger partial charge in [0.1, 0.15) is 11.8 Å². The van der Waals surface area contributed by atoms with E-state index in [1.165, 1.54) is 57.8 Å². The van der Waals surface area contributed by atoms with E-state index in [0.29, 0.717) is 6.42 Å². The van der Waals surface area contributed by atoms with E-state index in [4.69, 9.17) is 10.8 Å². The van der Waals surface area contributed by atoms with Gasteiger partial charge in [-0.2, -0.15) is 0 Å². The molecular formula is C22H41NO4. The molecule has 4 N–H and O–H groups in total. The zero-order chi connectivity index (χ0) is 20.3. The van der Waals surface area contributed by atoms with E-state index in [1.54, 1.807) is 0 Å². The Morgan fingerprint density at radius 3 is 1.85 bits per heavy atom. The molecule has 27 heavy (non-hydrogen) atoms. The third-order valence-electron chi connectivity index (χ3n) is 4.85. The Morgan fingerprint density at radius 1 is 0.852 bits per heavy atom. The second kappa shape index (κ2) is 18.2. The van der Waals surface area contributed by atoms with Crippen molar-refractivity contribution in [1.82, 2.24) is 0 Å². The number of hydrogen-bond donors (Lipinski definition) is 3. The van der Waals surface area contributed by atoms with Crippen LogP contribution in [0.15, 0.2) is 12.2 Å². The van der Waals surface area contributed by atoms with Gasteiger partial charge < -0.3 is 15.9 Å². The van der Waals surface area contributed by atoms with E-state index >= 15 is 0 Å². The van der Waals surface area contributed by atoms with Crippen LogP contribution in [0.25, 0.3) is 0 Å². The first kappa shape index (κ1) is 25.8. The molecule has 0 fully saturated rings. The third kappa shape index (κ3) is 16.7. The quantitative estimate of drug-likeness (QED) is 0.221. The number of aliphatic hydroxyl groups is 1. The molecule has 5 heteroatoms. The van der Waals surface area contributed by atoms with E-state index < -0.39 is 18.1 Å². The van der Waals surface area contributed by atoms with Gasteiger partial charge in [0.05, 0.1) is 6.10 Å². The Labute approximate surface area is 165 Å². The summed E-state index contributed by atoms with van der Waals surface area (Å²) in [6.07, 6.45) is 19.2. The van der Waals surface area contributed by atoms with Crippen LogP contribution in [-0.2, 0) is 9.59 Å². The number of carbonyl (C=O) groups is 2. The molecule has 0 unspecified atom stereocenters. The highest BCUT2D eigenvalue weighted by Gasteiger charge is 2.23. The average molecular weight is 384 g/mol. The number of unbranched alkanes of at least 4 members (excludes halogenated alkanes) is 11. The standard InChI is InChI=1S/C22H41NO4/c1-2-3-4-5-6-7-8-9-10-11-12-13-14-15-16-17-19(24)18-20(25)21(23)22(26)27/h9-10,20-21,25H,2-8,11-18,23H2,1H3,(H,26,27)/b10-9-/t20-,21+/m1/s1. The van der Waals surface area contributed by atoms with Gasteiger partial charge in [0.2, 0.25) is 0 Å². The van der Waals surface area contributed by atoms with Crippen LogP contribution in [0.1, 0.15) is 103 Å². The smallest absolute Gasteiger partial charge is 0.323 e. The maximum absolute atomic E-state index is 11.7. The predicted molar refractivity (Wildman–Crippen MR) is 111 cm³/mol. The molecule has 158 valence electrons. The topological polar surface area (TPSA) is 101 Å². The number of allylic oxidation sites excluding steroid dienone is 2. The van der Waals surface area contributed by atoms with Gasteiger partial charge in [-0.3, -0.25) is 9.59 Å². The van der Waals surface area contributed by atoms with Crippen molar-refractivity contribution < 1.29 is 19.8 Å². The number of Topliss-reactive ketones (excluding diaryl/α,β-unsaturated/α-hetero) is 1. The van der Waals surface area contributed by atoms with E-state index in [2.05, 4.69) is 19.1 Å². The van der Waals surface area contributed by atoms with Crippen molar-refractivity contribution >= 4 is 11.8 Å². The Balaban J connectivity index is 3.40. The molecule has 0 heterocycles. The number of hydrogen-bond acceptors (Lipinski definition) is 4. The van der Waals surface area contributed by atoms with Crippen molar-refractivity contribution in [3.8, 4) is 0 Å². The maximum Gasteiger partial charge on any atom is 0.323 e. The Bertz CT molecular complexity index is 409. The molecule has 0 aromatic rings. The summed E-state index contributed by atoms with van der Waals surface area (Å²) in [7, 11) is 0. The number of aliphatic hydroxyl groups excluding tert-OH is 1. The number of aliphatic carboxylic acids is 1. The van der Waals surface area contributed by atoms with Crippen LogP contribution in [0.2, 0.25) is 0 Å². The van der Waals surface area contributed by atoms with Gasteiger partial charge in [-0.1, -0.05) is 70.4 Å². The van der Waals surface area contributed by atoms with Gasteiger partial charge >= 0.3 is 5.97 Å². The minimum Gasteiger partial charge on any atom is -0.480 e. The van der Waals surface area contributed by atoms with Crippen LogP contribution in [0.4, 0.5) is 0 Å². The Morgan fingerprint density at radius 2 is 1.33 bits per heavy atom. The highest BCUT2D eigenvalue weighted by atomic mass is 16.4. The number of carbonyl (C=O) groups excluding carboxylic acids is 1. The molecule has 0 rings (SSSR count). The van der Waals surface area contributed by atoms with Crippen LogP contribution in [-0.4, -0.2) is 34.1 Å². The Hall–Kier alpha value is -1.20. The molecule has 0 saturated carbocycles. The van der Waals surface area contributed by atoms with Crippen molar-refractivity contribution in [2.24, 2.45) is 5.73 Å². The fourth-order valence-corrected chi connectivity index (χ4v) is 3.02. The van der Waals surface area contributed by atoms with Gasteiger partial charge in [0.15, 0.2) is 0 Å². The molecular weight excluding hydrogens is 342 g/mol. The monoisotopic (exact) mass is 383 g/mol. The minimum absolute atomic E-state index is 0.114. The zero-order valence-corrected chi connectivity index (χ0v) is 17.2. The summed E-state index contributed by atoms with van der Waals surface area (Å²) >= 11 is 0. The molecule has 0 aliphatic carbocycles. The lowest BCUT2D eigenvalue weighted by atomic mass is 10.0. The average Bonchev–Trinajstić information content (AvgIpc) is 2.64. The minimum atomic E-state index is -1.39. The number of carboxylic acid groups (broad SMARTS) is 1. The molecule has 0 aliphatic rings. The van der Waals surface area contributed by atoms with Gasteiger partial charge in [0.25, 0.3) is 0 Å². The number of ketones is 1. The largest absolute Gasteiger partial charge is 0.480 e. The molecule has 0 aromatic carbocycles. The van der Waals surface area contributed by atoms with Gasteiger partial charge in [-0.15, -0.1) is 0 Å². The van der Waals surface area contributed by atoms with Crippen molar-refractivity contribution in [1.29, 1.82) is 0 Å². The summed E-state index contributed by atoms with van der Waals surface area (Å²) in [4.78, 5) is 22.3. The normalized spacial score (nSPS) is 13.7. The second-order valence-corrected chi connectivity index (χ2v) is 7.51. The summed E-state index contributed by atoms with van der Waals surface area (Å²) in [6.45, 7) is 2.24. The molecule has 0 saturated heterocycles. The summed E-state index contributed by atoms with van der Waals surface area (Å²) in [5, 5.41) is 18.2. The van der Waals surface area contributed by atoms with Crippen molar-refractivity contribution in [2.75, 3.05) is 0 Å². The number of nitrogens with two attached hydrogens (primary N) is 1. The first-order chi connectivity index (χ1) is 13.0. The SMILES string of the molecule is CCCCCCCC/C=C\CCCCCCCC(=O)C[C@@H](O)[C@H](N)C(=O)O. The van der Waals surface area contributed by atoms with Gasteiger partial charge in [-0.25, -0.2) is 0 Å². The van der Waals surface area contributed by atoms with E-state index in [9.17, 15) is 14.7 Å². The predicted octanol–water partition coefficient (Wildman–Crippen LogP) is 4.76. The first-order valence-corrected chi connectivity index (χ1v) is 10.8. The van der Waals surface area contributed by atoms with Crippen LogP contribution in [0.5, 0.6) is 0 Å². The highest BCUT2D eigenvalue weighted by Crippen LogP contribution is 2.11. The highest BCUT2D eigenvalue weighted by molar-refractivity contribution is 5.81. The molecule has 0 spiro atoms. The second-order valence-electron chi connectivity index (χ2n) is 7.51. The van der Waals surface area contributed by atoms with Gasteiger partial charge in [0, 0.05) is 12.8 Å². The van der Waals surface area contributed by atoms with Crippen LogP contribution >= 0.6 is 0 Å². The molecule has 0 bridgehead atoms. The van der Waals surface area contributed by atoms with E-state index in [-0.39, 0.29) is 12.2 Å². The maximum atomic E-state index is 11.7. The zero-order valence-electron chi connectivity index (χ0n) is 17.2. The summed E-state index contributed by atoms with van der Waals surface area (Å²) < 4.78 is 0. The lowest BCUT2D eigenvalue weighted by Gasteiger charge is -2.13. The summed E-state index contributed by atoms with van der Waals surface area (Å²) in [5.74, 6) is -1.40. The van der Waals surface area contributed by atoms with Gasteiger partial charge in [-0.05, 0) is 32.1 Å². The summed E-state index contributed by atoms with van der Waals surface area (Å²) in [6, 6.07) is -1.39. The first-order valence-electron chi connectivity index (χ1n) is 10.8. The van der Waals surface area contributed by atoms with Crippen LogP contribution in [0.3, 0.4) is 0 Å². The molecule has 0 aliphatic heterocycles. The van der Waals surface area contributed by atoms with Crippen molar-refractivity contribution in [2.45, 2.75) is 115 Å².